The minimum absolute atomic E-state index is 0.188. The Labute approximate surface area is 452 Å². The highest BCUT2D eigenvalue weighted by molar-refractivity contribution is 7.99. The Bertz CT molecular complexity index is 2350. The summed E-state index contributed by atoms with van der Waals surface area (Å²) in [4.78, 5) is 2.37. The molecule has 404 valence electrons. The lowest BCUT2D eigenvalue weighted by atomic mass is 9.78. The van der Waals surface area contributed by atoms with Crippen molar-refractivity contribution in [2.24, 2.45) is 0 Å². The maximum atomic E-state index is 7.46. The molecule has 0 aromatic heterocycles. The van der Waals surface area contributed by atoms with E-state index in [1.165, 1.54) is 59.4 Å². The Balaban J connectivity index is 1.45. The van der Waals surface area contributed by atoms with Crippen LogP contribution in [0.5, 0.6) is 23.0 Å². The molecule has 0 bridgehead atoms. The fraction of sp³-hybridized carbons (Fsp3) is 0.625. The van der Waals surface area contributed by atoms with E-state index in [0.717, 1.165) is 93.2 Å². The Hall–Kier alpha value is -2.79. The van der Waals surface area contributed by atoms with Crippen LogP contribution in [0, 0.1) is 27.7 Å². The molecule has 0 radical (unpaired) electrons. The van der Waals surface area contributed by atoms with Crippen LogP contribution < -0.4 is 18.1 Å². The first kappa shape index (κ1) is 59.5. The fourth-order valence-electron chi connectivity index (χ4n) is 9.97. The summed E-state index contributed by atoms with van der Waals surface area (Å²) in [5.74, 6) is 3.31. The lowest BCUT2D eigenvalue weighted by Crippen LogP contribution is -2.22. The van der Waals surface area contributed by atoms with E-state index in [1.807, 2.05) is 11.8 Å². The molecular weight excluding hydrogens is 959 g/mol. The van der Waals surface area contributed by atoms with Crippen LogP contribution in [0.15, 0.2) is 58.3 Å². The second-order valence-electron chi connectivity index (χ2n) is 27.8. The van der Waals surface area contributed by atoms with Crippen molar-refractivity contribution in [2.45, 2.75) is 271 Å². The molecule has 9 heteroatoms. The van der Waals surface area contributed by atoms with Gasteiger partial charge in [-0.15, -0.1) is 0 Å². The molecule has 2 fully saturated rings. The van der Waals surface area contributed by atoms with Crippen LogP contribution in [0.1, 0.15) is 244 Å². The molecule has 0 unspecified atom stereocenters. The van der Waals surface area contributed by atoms with Gasteiger partial charge in [-0.25, -0.2) is 0 Å². The van der Waals surface area contributed by atoms with E-state index < -0.39 is 17.2 Å². The third-order valence-corrected chi connectivity index (χ3v) is 18.0. The minimum atomic E-state index is -2.08. The van der Waals surface area contributed by atoms with Crippen molar-refractivity contribution < 1.29 is 27.1 Å². The van der Waals surface area contributed by atoms with Crippen molar-refractivity contribution in [1.82, 2.24) is 0 Å². The number of hydrogen-bond donors (Lipinski definition) is 0. The van der Waals surface area contributed by atoms with Gasteiger partial charge in [-0.05, 0) is 121 Å². The predicted molar refractivity (Wildman–Crippen MR) is 313 cm³/mol. The number of benzene rings is 4. The largest absolute Gasteiger partial charge is 0.530 e. The van der Waals surface area contributed by atoms with E-state index in [9.17, 15) is 0 Å². The average Bonchev–Trinajstić information content (AvgIpc) is 3.24. The quantitative estimate of drug-likeness (QED) is 0.117. The van der Waals surface area contributed by atoms with E-state index in [0.29, 0.717) is 0 Å². The summed E-state index contributed by atoms with van der Waals surface area (Å²) in [7, 11) is -3.64. The van der Waals surface area contributed by atoms with Crippen molar-refractivity contribution in [3.8, 4) is 23.0 Å². The number of aryl methyl sites for hydroxylation is 4. The van der Waals surface area contributed by atoms with E-state index in [4.69, 9.17) is 27.1 Å². The normalized spacial score (nSPS) is 16.1. The standard InChI is InChI=1S/C64H96O6P2S/c1-41-33-49(61(11,12)13)57(50(34-41)62(14,15)16)69-72(70-58-51(63(17,18)19)35-42(2)36-52(58)64(20,21)22)68-54-38-44(4)56(40-48(54)60(8,9)10)73-55-39-47(59(5,6)7)53(37-43(55)3)67-71(65-45-29-25-23-26-30-45)66-46-31-27-24-28-32-46/h33-40,45-46H,23-32H2,1-22H3. The summed E-state index contributed by atoms with van der Waals surface area (Å²) in [5, 5.41) is 0. The van der Waals surface area contributed by atoms with E-state index in [-0.39, 0.29) is 44.7 Å². The van der Waals surface area contributed by atoms with Gasteiger partial charge in [0.25, 0.3) is 0 Å². The molecule has 4 aromatic carbocycles. The molecule has 0 heterocycles. The SMILES string of the molecule is Cc1cc(C(C)(C)C)c(OP(Oc2cc(C)c(Sc3cc(C(C)(C)C)c(OP(OC4CCCCC4)OC4CCCCC4)cc3C)cc2C(C)(C)C)Oc2c(C(C)(C)C)cc(C)cc2C(C)(C)C)c(C(C)(C)C)c1. The third-order valence-electron chi connectivity index (χ3n) is 14.3. The zero-order valence-electron chi connectivity index (χ0n) is 49.6. The summed E-state index contributed by atoms with van der Waals surface area (Å²) in [5.41, 5.74) is 10.2. The van der Waals surface area contributed by atoms with Crippen LogP contribution in [-0.4, -0.2) is 12.2 Å². The first-order valence-corrected chi connectivity index (χ1v) is 30.6. The Morgan fingerprint density at radius 2 is 0.644 bits per heavy atom. The summed E-state index contributed by atoms with van der Waals surface area (Å²) in [6, 6.07) is 18.3. The minimum Gasteiger partial charge on any atom is -0.426 e. The van der Waals surface area contributed by atoms with Crippen molar-refractivity contribution in [2.75, 3.05) is 0 Å². The first-order chi connectivity index (χ1) is 33.6. The van der Waals surface area contributed by atoms with Gasteiger partial charge in [0.2, 0.25) is 0 Å². The fourth-order valence-corrected chi connectivity index (χ4v) is 13.5. The number of hydrogen-bond acceptors (Lipinski definition) is 7. The Morgan fingerprint density at radius 1 is 0.356 bits per heavy atom. The maximum absolute atomic E-state index is 7.46. The molecule has 0 aliphatic heterocycles. The summed E-state index contributed by atoms with van der Waals surface area (Å²) < 4.78 is 42.9. The molecule has 0 amide bonds. The Morgan fingerprint density at radius 3 is 0.932 bits per heavy atom. The van der Waals surface area contributed by atoms with Gasteiger partial charge in [0, 0.05) is 43.2 Å². The molecule has 0 N–H and O–H groups in total. The molecule has 6 rings (SSSR count). The zero-order chi connectivity index (χ0) is 54.2. The summed E-state index contributed by atoms with van der Waals surface area (Å²) in [6.07, 6.45) is 12.0. The Kier molecular flexibility index (Phi) is 18.8. The highest BCUT2D eigenvalue weighted by Gasteiger charge is 2.37. The van der Waals surface area contributed by atoms with Crippen LogP contribution in [-0.2, 0) is 41.5 Å². The van der Waals surface area contributed by atoms with Gasteiger partial charge >= 0.3 is 17.2 Å². The average molecular weight is 1060 g/mol. The van der Waals surface area contributed by atoms with Crippen LogP contribution in [0.2, 0.25) is 0 Å². The van der Waals surface area contributed by atoms with E-state index >= 15 is 0 Å². The van der Waals surface area contributed by atoms with Crippen LogP contribution >= 0.6 is 29.0 Å². The molecule has 2 aliphatic carbocycles. The third kappa shape index (κ3) is 15.7. The predicted octanol–water partition coefficient (Wildman–Crippen LogP) is 20.9. The lowest BCUT2D eigenvalue weighted by Gasteiger charge is -2.34. The molecule has 4 aromatic rings. The zero-order valence-corrected chi connectivity index (χ0v) is 52.2. The highest BCUT2D eigenvalue weighted by atomic mass is 32.2. The van der Waals surface area contributed by atoms with Crippen LogP contribution in [0.4, 0.5) is 0 Å². The van der Waals surface area contributed by atoms with E-state index in [1.54, 1.807) is 0 Å². The van der Waals surface area contributed by atoms with Crippen molar-refractivity contribution >= 4 is 29.0 Å². The van der Waals surface area contributed by atoms with Crippen LogP contribution in [0.25, 0.3) is 0 Å². The molecule has 6 nitrogen and oxygen atoms in total. The maximum Gasteiger partial charge on any atom is 0.530 e. The van der Waals surface area contributed by atoms with Gasteiger partial charge in [0.15, 0.2) is 0 Å². The van der Waals surface area contributed by atoms with Gasteiger partial charge in [-0.3, -0.25) is 9.05 Å². The molecule has 0 atom stereocenters. The first-order valence-electron chi connectivity index (χ1n) is 27.5. The van der Waals surface area contributed by atoms with Crippen molar-refractivity contribution in [1.29, 1.82) is 0 Å². The molecule has 2 saturated carbocycles. The monoisotopic (exact) mass is 1050 g/mol. The molecule has 0 saturated heterocycles. The van der Waals surface area contributed by atoms with Gasteiger partial charge in [0.1, 0.15) is 23.0 Å². The summed E-state index contributed by atoms with van der Waals surface area (Å²) in [6.45, 7) is 49.6. The topological polar surface area (TPSA) is 55.4 Å². The highest BCUT2D eigenvalue weighted by Crippen LogP contribution is 2.55. The number of rotatable bonds is 14. The smallest absolute Gasteiger partial charge is 0.426 e. The molecule has 0 spiro atoms. The molecular formula is C64H96O6P2S. The van der Waals surface area contributed by atoms with Gasteiger partial charge in [-0.1, -0.05) is 210 Å². The second kappa shape index (κ2) is 23.0. The molecule has 2 aliphatic rings. The molecule has 73 heavy (non-hydrogen) atoms. The van der Waals surface area contributed by atoms with Gasteiger partial charge in [-0.2, -0.15) is 0 Å². The van der Waals surface area contributed by atoms with Gasteiger partial charge in [0.05, 0.1) is 12.2 Å². The lowest BCUT2D eigenvalue weighted by molar-refractivity contribution is 0.0799. The van der Waals surface area contributed by atoms with Crippen LogP contribution in [0.3, 0.4) is 0 Å². The van der Waals surface area contributed by atoms with Gasteiger partial charge < -0.3 is 18.1 Å². The summed E-state index contributed by atoms with van der Waals surface area (Å²) >= 11 is 1.81. The van der Waals surface area contributed by atoms with Crippen molar-refractivity contribution in [3.63, 3.8) is 0 Å². The second-order valence-corrected chi connectivity index (χ2v) is 30.9. The van der Waals surface area contributed by atoms with Crippen molar-refractivity contribution in [3.05, 3.63) is 104 Å². The van der Waals surface area contributed by atoms with E-state index in [2.05, 4.69) is 201 Å².